The third-order valence-electron chi connectivity index (χ3n) is 2.70. The minimum absolute atomic E-state index is 0.272. The predicted octanol–water partition coefficient (Wildman–Crippen LogP) is 1.31. The van der Waals surface area contributed by atoms with Crippen molar-refractivity contribution < 1.29 is 13.3 Å². The Kier molecular flexibility index (Phi) is 7.78. The van der Waals surface area contributed by atoms with Gasteiger partial charge in [0.25, 0.3) is 0 Å². The van der Waals surface area contributed by atoms with Crippen molar-refractivity contribution >= 4 is 8.80 Å². The molecule has 2 N–H and O–H groups in total. The van der Waals surface area contributed by atoms with Crippen molar-refractivity contribution in [2.24, 2.45) is 5.73 Å². The van der Waals surface area contributed by atoms with Crippen molar-refractivity contribution in [3.63, 3.8) is 0 Å². The Morgan fingerprint density at radius 2 is 1.55 bits per heavy atom. The van der Waals surface area contributed by atoms with Gasteiger partial charge in [-0.15, -0.1) is 0 Å². The van der Waals surface area contributed by atoms with E-state index < -0.39 is 8.80 Å². The van der Waals surface area contributed by atoms with Crippen LogP contribution in [0.2, 0.25) is 6.04 Å². The van der Waals surface area contributed by atoms with Crippen molar-refractivity contribution in [2.45, 2.75) is 39.3 Å². The van der Waals surface area contributed by atoms with Crippen LogP contribution in [-0.4, -0.2) is 43.6 Å². The zero-order chi connectivity index (χ0) is 14.8. The van der Waals surface area contributed by atoms with Gasteiger partial charge in [0.15, 0.2) is 0 Å². The molecule has 0 saturated carbocycles. The SMILES string of the molecule is CCO[Si](CCC(N)c1ncncn1)(OCC)OCC. The van der Waals surface area contributed by atoms with Gasteiger partial charge < -0.3 is 19.0 Å². The molecule has 1 rings (SSSR count). The highest BCUT2D eigenvalue weighted by atomic mass is 28.4. The Hall–Kier alpha value is -0.933. The molecule has 0 saturated heterocycles. The van der Waals surface area contributed by atoms with Crippen LogP contribution >= 0.6 is 0 Å². The first-order valence-corrected chi connectivity index (χ1v) is 8.90. The van der Waals surface area contributed by atoms with Crippen molar-refractivity contribution in [1.82, 2.24) is 15.0 Å². The second-order valence-corrected chi connectivity index (χ2v) is 6.86. The van der Waals surface area contributed by atoms with Gasteiger partial charge in [0.1, 0.15) is 18.5 Å². The van der Waals surface area contributed by atoms with Gasteiger partial charge >= 0.3 is 8.80 Å². The van der Waals surface area contributed by atoms with Crippen LogP contribution in [0, 0.1) is 0 Å². The molecule has 8 heteroatoms. The lowest BCUT2D eigenvalue weighted by Crippen LogP contribution is -2.46. The number of hydrogen-bond acceptors (Lipinski definition) is 7. The first-order valence-electron chi connectivity index (χ1n) is 6.96. The van der Waals surface area contributed by atoms with Gasteiger partial charge in [-0.05, 0) is 27.2 Å². The molecule has 0 aliphatic heterocycles. The summed E-state index contributed by atoms with van der Waals surface area (Å²) in [5.74, 6) is 0.576. The molecule has 1 atom stereocenters. The topological polar surface area (TPSA) is 92.4 Å². The van der Waals surface area contributed by atoms with Crippen molar-refractivity contribution in [3.05, 3.63) is 18.5 Å². The minimum Gasteiger partial charge on any atom is -0.374 e. The number of hydrogen-bond donors (Lipinski definition) is 1. The fourth-order valence-corrected chi connectivity index (χ4v) is 4.57. The normalized spacial score (nSPS) is 13.4. The molecule has 1 aromatic heterocycles. The Balaban J connectivity index is 2.64. The van der Waals surface area contributed by atoms with E-state index in [4.69, 9.17) is 19.0 Å². The lowest BCUT2D eigenvalue weighted by atomic mass is 10.2. The molecular formula is C12H24N4O3Si. The number of aromatic nitrogens is 3. The van der Waals surface area contributed by atoms with E-state index in [-0.39, 0.29) is 6.04 Å². The summed E-state index contributed by atoms with van der Waals surface area (Å²) in [6.07, 6.45) is 3.54. The van der Waals surface area contributed by atoms with Gasteiger partial charge in [-0.25, -0.2) is 15.0 Å². The maximum absolute atomic E-state index is 6.09. The first-order chi connectivity index (χ1) is 9.67. The largest absolute Gasteiger partial charge is 0.500 e. The van der Waals surface area contributed by atoms with E-state index in [1.54, 1.807) is 0 Å². The van der Waals surface area contributed by atoms with Gasteiger partial charge in [-0.2, -0.15) is 0 Å². The molecule has 0 spiro atoms. The molecule has 1 aromatic rings. The minimum atomic E-state index is -2.64. The Morgan fingerprint density at radius 1 is 1.05 bits per heavy atom. The molecule has 20 heavy (non-hydrogen) atoms. The third-order valence-corrected chi connectivity index (χ3v) is 5.79. The fraction of sp³-hybridized carbons (Fsp3) is 0.750. The van der Waals surface area contributed by atoms with Crippen LogP contribution in [0.5, 0.6) is 0 Å². The zero-order valence-corrected chi connectivity index (χ0v) is 13.4. The average Bonchev–Trinajstić information content (AvgIpc) is 2.46. The zero-order valence-electron chi connectivity index (χ0n) is 12.4. The maximum Gasteiger partial charge on any atom is 0.500 e. The van der Waals surface area contributed by atoms with E-state index in [0.29, 0.717) is 38.1 Å². The standard InChI is InChI=1S/C12H24N4O3Si/c1-4-17-20(18-5-2,19-6-3)8-7-11(13)12-15-9-14-10-16-12/h9-11H,4-8,13H2,1-3H3. The summed E-state index contributed by atoms with van der Waals surface area (Å²) in [5.41, 5.74) is 6.09. The number of nitrogens with two attached hydrogens (primary N) is 1. The number of nitrogens with zero attached hydrogens (tertiary/aromatic N) is 3. The molecule has 0 fully saturated rings. The molecule has 7 nitrogen and oxygen atoms in total. The Morgan fingerprint density at radius 3 is 2.00 bits per heavy atom. The van der Waals surface area contributed by atoms with Crippen LogP contribution in [0.1, 0.15) is 39.1 Å². The first kappa shape index (κ1) is 17.1. The summed E-state index contributed by atoms with van der Waals surface area (Å²) in [6.45, 7) is 7.50. The van der Waals surface area contributed by atoms with Crippen molar-refractivity contribution in [2.75, 3.05) is 19.8 Å². The number of rotatable bonds is 10. The highest BCUT2D eigenvalue weighted by molar-refractivity contribution is 6.60. The third kappa shape index (κ3) is 5.21. The lowest BCUT2D eigenvalue weighted by Gasteiger charge is -2.29. The van der Waals surface area contributed by atoms with Crippen LogP contribution in [0.3, 0.4) is 0 Å². The highest BCUT2D eigenvalue weighted by Crippen LogP contribution is 2.22. The second-order valence-electron chi connectivity index (χ2n) is 4.12. The van der Waals surface area contributed by atoms with Crippen LogP contribution in [0.25, 0.3) is 0 Å². The molecule has 0 bridgehead atoms. The molecule has 0 radical (unpaired) electrons. The smallest absolute Gasteiger partial charge is 0.374 e. The monoisotopic (exact) mass is 300 g/mol. The highest BCUT2D eigenvalue weighted by Gasteiger charge is 2.40. The van der Waals surface area contributed by atoms with E-state index in [1.807, 2.05) is 20.8 Å². The summed E-state index contributed by atoms with van der Waals surface area (Å²) in [5, 5.41) is 0. The van der Waals surface area contributed by atoms with Crippen molar-refractivity contribution in [1.29, 1.82) is 0 Å². The quantitative estimate of drug-likeness (QED) is 0.651. The van der Waals surface area contributed by atoms with E-state index in [0.717, 1.165) is 0 Å². The Bertz CT molecular complexity index is 352. The van der Waals surface area contributed by atoms with Crippen LogP contribution in [0.15, 0.2) is 12.7 Å². The molecule has 114 valence electrons. The molecule has 0 aliphatic rings. The lowest BCUT2D eigenvalue weighted by molar-refractivity contribution is 0.0702. The maximum atomic E-state index is 6.09. The van der Waals surface area contributed by atoms with Crippen LogP contribution in [-0.2, 0) is 13.3 Å². The van der Waals surface area contributed by atoms with Gasteiger partial charge in [-0.3, -0.25) is 0 Å². The molecule has 1 heterocycles. The van der Waals surface area contributed by atoms with Gasteiger partial charge in [0.2, 0.25) is 0 Å². The Labute approximate surface area is 121 Å². The van der Waals surface area contributed by atoms with Crippen LogP contribution in [0.4, 0.5) is 0 Å². The summed E-state index contributed by atoms with van der Waals surface area (Å²) in [6, 6.07) is 0.376. The van der Waals surface area contributed by atoms with Gasteiger partial charge in [0.05, 0.1) is 6.04 Å². The van der Waals surface area contributed by atoms with Gasteiger partial charge in [0, 0.05) is 25.9 Å². The predicted molar refractivity (Wildman–Crippen MR) is 76.8 cm³/mol. The van der Waals surface area contributed by atoms with E-state index in [9.17, 15) is 0 Å². The van der Waals surface area contributed by atoms with E-state index in [2.05, 4.69) is 15.0 Å². The van der Waals surface area contributed by atoms with Crippen molar-refractivity contribution in [3.8, 4) is 0 Å². The molecule has 1 unspecified atom stereocenters. The summed E-state index contributed by atoms with van der Waals surface area (Å²) < 4.78 is 17.3. The van der Waals surface area contributed by atoms with Gasteiger partial charge in [-0.1, -0.05) is 0 Å². The van der Waals surface area contributed by atoms with E-state index >= 15 is 0 Å². The molecular weight excluding hydrogens is 276 g/mol. The van der Waals surface area contributed by atoms with E-state index in [1.165, 1.54) is 12.7 Å². The molecule has 0 aliphatic carbocycles. The summed E-state index contributed by atoms with van der Waals surface area (Å²) in [4.78, 5) is 11.9. The molecule has 0 amide bonds. The molecule has 0 aromatic carbocycles. The van der Waals surface area contributed by atoms with Crippen LogP contribution < -0.4 is 5.73 Å². The fourth-order valence-electron chi connectivity index (χ4n) is 1.90. The summed E-state index contributed by atoms with van der Waals surface area (Å²) >= 11 is 0. The average molecular weight is 300 g/mol. The summed E-state index contributed by atoms with van der Waals surface area (Å²) in [7, 11) is -2.64. The second kappa shape index (κ2) is 9.09.